The summed E-state index contributed by atoms with van der Waals surface area (Å²) in [5.74, 6) is 0.436. The minimum absolute atomic E-state index is 0.220. The summed E-state index contributed by atoms with van der Waals surface area (Å²) in [5, 5.41) is 0. The van der Waals surface area contributed by atoms with Crippen molar-refractivity contribution >= 4 is 0 Å². The summed E-state index contributed by atoms with van der Waals surface area (Å²) in [7, 11) is 1.43. The zero-order valence-corrected chi connectivity index (χ0v) is 10.6. The van der Waals surface area contributed by atoms with Crippen LogP contribution in [0.5, 0.6) is 11.5 Å². The molecule has 0 unspecified atom stereocenters. The molecule has 19 heavy (non-hydrogen) atoms. The first kappa shape index (κ1) is 13.3. The van der Waals surface area contributed by atoms with E-state index < -0.39 is 5.82 Å². The molecule has 1 aromatic heterocycles. The number of methoxy groups -OCH3 is 1. The average Bonchev–Trinajstić information content (AvgIpc) is 2.46. The van der Waals surface area contributed by atoms with Crippen molar-refractivity contribution in [2.45, 2.75) is 13.2 Å². The highest BCUT2D eigenvalue weighted by atomic mass is 19.1. The van der Waals surface area contributed by atoms with Crippen molar-refractivity contribution in [2.24, 2.45) is 5.73 Å². The summed E-state index contributed by atoms with van der Waals surface area (Å²) in [6.45, 7) is 0.661. The molecule has 1 aromatic carbocycles. The van der Waals surface area contributed by atoms with Crippen LogP contribution in [-0.4, -0.2) is 12.1 Å². The van der Waals surface area contributed by atoms with E-state index in [1.54, 1.807) is 30.5 Å². The van der Waals surface area contributed by atoms with Crippen molar-refractivity contribution in [1.29, 1.82) is 0 Å². The molecular formula is C14H15FN2O2. The number of aromatic nitrogens is 1. The van der Waals surface area contributed by atoms with E-state index in [9.17, 15) is 4.39 Å². The van der Waals surface area contributed by atoms with E-state index >= 15 is 0 Å². The van der Waals surface area contributed by atoms with Gasteiger partial charge in [0.1, 0.15) is 12.4 Å². The largest absolute Gasteiger partial charge is 0.494 e. The van der Waals surface area contributed by atoms with Crippen LogP contribution in [0.1, 0.15) is 11.3 Å². The van der Waals surface area contributed by atoms with E-state index in [0.29, 0.717) is 12.3 Å². The van der Waals surface area contributed by atoms with Gasteiger partial charge >= 0.3 is 0 Å². The van der Waals surface area contributed by atoms with Gasteiger partial charge in [0.05, 0.1) is 19.0 Å². The Morgan fingerprint density at radius 3 is 2.68 bits per heavy atom. The lowest BCUT2D eigenvalue weighted by atomic mass is 10.2. The molecule has 5 heteroatoms. The molecule has 0 saturated carbocycles. The molecule has 0 aliphatic rings. The fraction of sp³-hybridized carbons (Fsp3) is 0.214. The van der Waals surface area contributed by atoms with E-state index in [1.165, 1.54) is 13.2 Å². The fourth-order valence-corrected chi connectivity index (χ4v) is 1.58. The molecule has 2 rings (SSSR count). The lowest BCUT2D eigenvalue weighted by Crippen LogP contribution is -2.01. The third-order valence-electron chi connectivity index (χ3n) is 2.63. The number of ether oxygens (including phenoxy) is 2. The molecule has 4 nitrogen and oxygen atoms in total. The number of rotatable bonds is 5. The number of pyridine rings is 1. The first-order valence-electron chi connectivity index (χ1n) is 5.83. The Balaban J connectivity index is 1.99. The van der Waals surface area contributed by atoms with Gasteiger partial charge in [0.2, 0.25) is 0 Å². The Morgan fingerprint density at radius 1 is 1.26 bits per heavy atom. The Labute approximate surface area is 111 Å². The van der Waals surface area contributed by atoms with Crippen LogP contribution in [0, 0.1) is 5.82 Å². The summed E-state index contributed by atoms with van der Waals surface area (Å²) < 4.78 is 23.8. The van der Waals surface area contributed by atoms with Crippen molar-refractivity contribution in [1.82, 2.24) is 4.98 Å². The molecule has 0 atom stereocenters. The molecule has 0 saturated heterocycles. The van der Waals surface area contributed by atoms with E-state index in [0.717, 1.165) is 11.3 Å². The van der Waals surface area contributed by atoms with Crippen molar-refractivity contribution < 1.29 is 13.9 Å². The Bertz CT molecular complexity index is 544. The molecule has 0 radical (unpaired) electrons. The zero-order chi connectivity index (χ0) is 13.7. The lowest BCUT2D eigenvalue weighted by Gasteiger charge is -2.08. The summed E-state index contributed by atoms with van der Waals surface area (Å²) >= 11 is 0. The first-order valence-corrected chi connectivity index (χ1v) is 5.83. The SMILES string of the molecule is COc1ccc(COc2ccc(CN)nc2)cc1F. The summed E-state index contributed by atoms with van der Waals surface area (Å²) in [4.78, 5) is 4.11. The predicted octanol–water partition coefficient (Wildman–Crippen LogP) is 2.27. The maximum atomic E-state index is 13.5. The normalized spacial score (nSPS) is 10.3. The van der Waals surface area contributed by atoms with Crippen molar-refractivity contribution in [2.75, 3.05) is 7.11 Å². The number of benzene rings is 1. The molecule has 0 bridgehead atoms. The highest BCUT2D eigenvalue weighted by molar-refractivity contribution is 5.29. The number of hydrogen-bond acceptors (Lipinski definition) is 4. The standard InChI is InChI=1S/C14H15FN2O2/c1-18-14-5-2-10(6-13(14)15)9-19-12-4-3-11(7-16)17-8-12/h2-6,8H,7,9,16H2,1H3. The van der Waals surface area contributed by atoms with Crippen LogP contribution >= 0.6 is 0 Å². The second-order valence-corrected chi connectivity index (χ2v) is 3.95. The number of hydrogen-bond donors (Lipinski definition) is 1. The summed E-state index contributed by atoms with van der Waals surface area (Å²) in [6.07, 6.45) is 1.60. The van der Waals surface area contributed by atoms with Crippen LogP contribution in [0.2, 0.25) is 0 Å². The number of nitrogens with zero attached hydrogens (tertiary/aromatic N) is 1. The van der Waals surface area contributed by atoms with Crippen LogP contribution in [0.25, 0.3) is 0 Å². The summed E-state index contributed by atoms with van der Waals surface area (Å²) in [5.41, 5.74) is 6.97. The molecule has 0 amide bonds. The lowest BCUT2D eigenvalue weighted by molar-refractivity contribution is 0.303. The van der Waals surface area contributed by atoms with Crippen molar-refractivity contribution in [3.63, 3.8) is 0 Å². The molecule has 0 aliphatic heterocycles. The number of nitrogens with two attached hydrogens (primary N) is 1. The Morgan fingerprint density at radius 2 is 2.11 bits per heavy atom. The van der Waals surface area contributed by atoms with Gasteiger partial charge in [-0.05, 0) is 29.8 Å². The quantitative estimate of drug-likeness (QED) is 0.898. The van der Waals surface area contributed by atoms with Crippen molar-refractivity contribution in [3.8, 4) is 11.5 Å². The van der Waals surface area contributed by atoms with Gasteiger partial charge in [-0.25, -0.2) is 4.39 Å². The van der Waals surface area contributed by atoms with Crippen LogP contribution in [0.4, 0.5) is 4.39 Å². The van der Waals surface area contributed by atoms with Gasteiger partial charge < -0.3 is 15.2 Å². The Hall–Kier alpha value is -2.14. The maximum absolute atomic E-state index is 13.5. The third-order valence-corrected chi connectivity index (χ3v) is 2.63. The molecule has 100 valence electrons. The minimum atomic E-state index is -0.403. The molecule has 0 aliphatic carbocycles. The highest BCUT2D eigenvalue weighted by Gasteiger charge is 2.04. The topological polar surface area (TPSA) is 57.4 Å². The molecule has 1 heterocycles. The third kappa shape index (κ3) is 3.42. The van der Waals surface area contributed by atoms with Gasteiger partial charge in [0, 0.05) is 6.54 Å². The van der Waals surface area contributed by atoms with E-state index in [1.807, 2.05) is 0 Å². The molecular weight excluding hydrogens is 247 g/mol. The van der Waals surface area contributed by atoms with Gasteiger partial charge in [-0.3, -0.25) is 4.98 Å². The van der Waals surface area contributed by atoms with Crippen LogP contribution in [0.3, 0.4) is 0 Å². The van der Waals surface area contributed by atoms with Gasteiger partial charge in [0.15, 0.2) is 11.6 Å². The van der Waals surface area contributed by atoms with Crippen LogP contribution < -0.4 is 15.2 Å². The van der Waals surface area contributed by atoms with Crippen LogP contribution in [0.15, 0.2) is 36.5 Å². The van der Waals surface area contributed by atoms with Crippen molar-refractivity contribution in [3.05, 3.63) is 53.6 Å². The maximum Gasteiger partial charge on any atom is 0.165 e. The van der Waals surface area contributed by atoms with Gasteiger partial charge in [-0.15, -0.1) is 0 Å². The first-order chi connectivity index (χ1) is 9.22. The highest BCUT2D eigenvalue weighted by Crippen LogP contribution is 2.19. The van der Waals surface area contributed by atoms with Crippen LogP contribution in [-0.2, 0) is 13.2 Å². The monoisotopic (exact) mass is 262 g/mol. The molecule has 0 fully saturated rings. The fourth-order valence-electron chi connectivity index (χ4n) is 1.58. The molecule has 2 N–H and O–H groups in total. The number of halogens is 1. The average molecular weight is 262 g/mol. The molecule has 0 spiro atoms. The van der Waals surface area contributed by atoms with Gasteiger partial charge in [-0.2, -0.15) is 0 Å². The van der Waals surface area contributed by atoms with Gasteiger partial charge in [-0.1, -0.05) is 6.07 Å². The van der Waals surface area contributed by atoms with E-state index in [4.69, 9.17) is 15.2 Å². The van der Waals surface area contributed by atoms with E-state index in [2.05, 4.69) is 4.98 Å². The van der Waals surface area contributed by atoms with Gasteiger partial charge in [0.25, 0.3) is 0 Å². The second-order valence-electron chi connectivity index (χ2n) is 3.95. The predicted molar refractivity (Wildman–Crippen MR) is 69.4 cm³/mol. The van der Waals surface area contributed by atoms with E-state index in [-0.39, 0.29) is 12.4 Å². The molecule has 2 aromatic rings. The smallest absolute Gasteiger partial charge is 0.165 e. The summed E-state index contributed by atoms with van der Waals surface area (Å²) in [6, 6.07) is 8.30. The second kappa shape index (κ2) is 6.15. The Kier molecular flexibility index (Phi) is 4.30. The zero-order valence-electron chi connectivity index (χ0n) is 10.6. The minimum Gasteiger partial charge on any atom is -0.494 e.